The quantitative estimate of drug-likeness (QED) is 0.315. The molecule has 4 rings (SSSR count). The molecule has 0 aliphatic heterocycles. The van der Waals surface area contributed by atoms with Gasteiger partial charge in [-0.3, -0.25) is 0 Å². The number of fused-ring (bicyclic) bond motifs is 1. The maximum Gasteiger partial charge on any atom is 0.182 e. The molecule has 0 atom stereocenters. The second-order valence-electron chi connectivity index (χ2n) is 6.98. The summed E-state index contributed by atoms with van der Waals surface area (Å²) in [5.74, 6) is -0.460. The molecule has 0 aliphatic carbocycles. The summed E-state index contributed by atoms with van der Waals surface area (Å²) in [4.78, 5) is 0.704. The van der Waals surface area contributed by atoms with E-state index >= 15 is 0 Å². The Kier molecular flexibility index (Phi) is 5.63. The maximum atomic E-state index is 14.9. The van der Waals surface area contributed by atoms with Crippen LogP contribution >= 0.6 is 11.3 Å². The molecule has 1 aromatic heterocycles. The largest absolute Gasteiger partial charge is 0.491 e. The van der Waals surface area contributed by atoms with E-state index in [-0.39, 0.29) is 17.4 Å². The standard InChI is InChI=1S/C25H22F2OS/c1-3-5-16-6-8-17(9-7-16)18-10-12-20(21(26)14-18)23-15-19-11-13-22(28-4-2)24(27)25(19)29-23/h6-15H,3-5H2,1-2H3. The summed E-state index contributed by atoms with van der Waals surface area (Å²) in [6.07, 6.45) is 2.14. The minimum absolute atomic E-state index is 0.232. The number of hydrogen-bond donors (Lipinski definition) is 0. The highest BCUT2D eigenvalue weighted by atomic mass is 32.1. The molecule has 4 heteroatoms. The lowest BCUT2D eigenvalue weighted by molar-refractivity contribution is 0.323. The van der Waals surface area contributed by atoms with Crippen LogP contribution in [0.5, 0.6) is 5.75 Å². The predicted molar refractivity (Wildman–Crippen MR) is 118 cm³/mol. The molecule has 0 fully saturated rings. The first-order chi connectivity index (χ1) is 14.1. The van der Waals surface area contributed by atoms with Crippen LogP contribution in [0.25, 0.3) is 31.7 Å². The Labute approximate surface area is 173 Å². The zero-order chi connectivity index (χ0) is 20.4. The Morgan fingerprint density at radius 3 is 2.31 bits per heavy atom. The molecule has 4 aromatic rings. The number of rotatable bonds is 6. The molecule has 0 N–H and O–H groups in total. The van der Waals surface area contributed by atoms with Gasteiger partial charge in [-0.2, -0.15) is 0 Å². The molecule has 0 spiro atoms. The number of halogens is 2. The molecule has 0 bridgehead atoms. The first kappa shape index (κ1) is 19.6. The summed E-state index contributed by atoms with van der Waals surface area (Å²) in [6.45, 7) is 4.37. The number of hydrogen-bond acceptors (Lipinski definition) is 2. The van der Waals surface area contributed by atoms with E-state index in [0.717, 1.165) is 29.4 Å². The topological polar surface area (TPSA) is 9.23 Å². The number of aryl methyl sites for hydroxylation is 1. The third-order valence-electron chi connectivity index (χ3n) is 4.95. The highest BCUT2D eigenvalue weighted by Gasteiger charge is 2.15. The van der Waals surface area contributed by atoms with Crippen LogP contribution in [0, 0.1) is 11.6 Å². The van der Waals surface area contributed by atoms with Crippen LogP contribution in [-0.4, -0.2) is 6.61 Å². The first-order valence-electron chi connectivity index (χ1n) is 9.84. The molecule has 3 aromatic carbocycles. The second kappa shape index (κ2) is 8.34. The Balaban J connectivity index is 1.68. The smallest absolute Gasteiger partial charge is 0.182 e. The summed E-state index contributed by atoms with van der Waals surface area (Å²) in [5, 5.41) is 0.751. The van der Waals surface area contributed by atoms with Gasteiger partial charge < -0.3 is 4.74 Å². The van der Waals surface area contributed by atoms with Gasteiger partial charge in [-0.25, -0.2) is 8.78 Å². The van der Waals surface area contributed by atoms with Crippen LogP contribution in [0.2, 0.25) is 0 Å². The van der Waals surface area contributed by atoms with E-state index in [0.29, 0.717) is 21.7 Å². The Morgan fingerprint density at radius 2 is 1.62 bits per heavy atom. The fourth-order valence-corrected chi connectivity index (χ4v) is 4.61. The van der Waals surface area contributed by atoms with Gasteiger partial charge in [0, 0.05) is 10.4 Å². The van der Waals surface area contributed by atoms with Crippen molar-refractivity contribution in [3.8, 4) is 27.3 Å². The lowest BCUT2D eigenvalue weighted by Crippen LogP contribution is -1.93. The van der Waals surface area contributed by atoms with E-state index in [9.17, 15) is 8.78 Å². The van der Waals surface area contributed by atoms with Gasteiger partial charge in [-0.15, -0.1) is 11.3 Å². The van der Waals surface area contributed by atoms with Crippen molar-refractivity contribution in [2.45, 2.75) is 26.7 Å². The molecule has 29 heavy (non-hydrogen) atoms. The van der Waals surface area contributed by atoms with Gasteiger partial charge in [0.25, 0.3) is 0 Å². The van der Waals surface area contributed by atoms with Gasteiger partial charge in [-0.05, 0) is 65.8 Å². The van der Waals surface area contributed by atoms with Gasteiger partial charge in [0.05, 0.1) is 11.3 Å². The fourth-order valence-electron chi connectivity index (χ4n) is 3.50. The van der Waals surface area contributed by atoms with E-state index in [1.54, 1.807) is 18.2 Å². The molecule has 1 nitrogen and oxygen atoms in total. The van der Waals surface area contributed by atoms with Crippen molar-refractivity contribution < 1.29 is 13.5 Å². The zero-order valence-electron chi connectivity index (χ0n) is 16.5. The number of benzene rings is 3. The van der Waals surface area contributed by atoms with Crippen molar-refractivity contribution in [2.24, 2.45) is 0 Å². The molecule has 0 radical (unpaired) electrons. The molecule has 0 saturated heterocycles. The third kappa shape index (κ3) is 3.90. The average molecular weight is 409 g/mol. The average Bonchev–Trinajstić information content (AvgIpc) is 3.16. The molecule has 0 aliphatic rings. The van der Waals surface area contributed by atoms with Crippen molar-refractivity contribution in [3.05, 3.63) is 77.9 Å². The van der Waals surface area contributed by atoms with Crippen molar-refractivity contribution in [1.29, 1.82) is 0 Å². The Morgan fingerprint density at radius 1 is 0.862 bits per heavy atom. The number of thiophene rings is 1. The van der Waals surface area contributed by atoms with E-state index < -0.39 is 0 Å². The maximum absolute atomic E-state index is 14.9. The first-order valence-corrected chi connectivity index (χ1v) is 10.7. The van der Waals surface area contributed by atoms with E-state index in [4.69, 9.17) is 4.74 Å². The highest BCUT2D eigenvalue weighted by Crippen LogP contribution is 2.39. The Bertz CT molecular complexity index is 1150. The Hall–Kier alpha value is -2.72. The molecule has 0 amide bonds. The van der Waals surface area contributed by atoms with Crippen molar-refractivity contribution in [1.82, 2.24) is 0 Å². The van der Waals surface area contributed by atoms with Crippen LogP contribution in [0.4, 0.5) is 8.78 Å². The lowest BCUT2D eigenvalue weighted by atomic mass is 10.0. The fraction of sp³-hybridized carbons (Fsp3) is 0.200. The van der Waals surface area contributed by atoms with E-state index in [1.165, 1.54) is 16.9 Å². The van der Waals surface area contributed by atoms with Crippen LogP contribution in [0.15, 0.2) is 60.7 Å². The summed E-state index contributed by atoms with van der Waals surface area (Å²) < 4.78 is 35.4. The summed E-state index contributed by atoms with van der Waals surface area (Å²) >= 11 is 1.25. The van der Waals surface area contributed by atoms with Gasteiger partial charge in [-0.1, -0.05) is 43.7 Å². The summed E-state index contributed by atoms with van der Waals surface area (Å²) in [6, 6.07) is 18.8. The third-order valence-corrected chi connectivity index (χ3v) is 6.13. The van der Waals surface area contributed by atoms with Gasteiger partial charge in [0.1, 0.15) is 5.82 Å². The summed E-state index contributed by atoms with van der Waals surface area (Å²) in [7, 11) is 0. The number of ether oxygens (including phenoxy) is 1. The molecule has 0 saturated carbocycles. The van der Waals surface area contributed by atoms with Crippen LogP contribution < -0.4 is 4.74 Å². The van der Waals surface area contributed by atoms with Gasteiger partial charge in [0.2, 0.25) is 0 Å². The van der Waals surface area contributed by atoms with Gasteiger partial charge in [0.15, 0.2) is 11.6 Å². The SMILES string of the molecule is CCCc1ccc(-c2ccc(-c3cc4ccc(OCC)c(F)c4s3)c(F)c2)cc1. The van der Waals surface area contributed by atoms with Crippen LogP contribution in [0.1, 0.15) is 25.8 Å². The highest BCUT2D eigenvalue weighted by molar-refractivity contribution is 7.22. The zero-order valence-corrected chi connectivity index (χ0v) is 17.3. The summed E-state index contributed by atoms with van der Waals surface area (Å²) in [5.41, 5.74) is 3.58. The van der Waals surface area contributed by atoms with Crippen molar-refractivity contribution in [3.63, 3.8) is 0 Å². The van der Waals surface area contributed by atoms with E-state index in [2.05, 4.69) is 19.1 Å². The van der Waals surface area contributed by atoms with Crippen molar-refractivity contribution >= 4 is 21.4 Å². The monoisotopic (exact) mass is 408 g/mol. The van der Waals surface area contributed by atoms with Crippen LogP contribution in [0.3, 0.4) is 0 Å². The second-order valence-corrected chi connectivity index (χ2v) is 8.03. The predicted octanol–water partition coefficient (Wildman–Crippen LogP) is 7.86. The molecule has 148 valence electrons. The minimum atomic E-state index is -0.384. The van der Waals surface area contributed by atoms with Crippen LogP contribution in [-0.2, 0) is 6.42 Å². The molecule has 0 unspecified atom stereocenters. The minimum Gasteiger partial charge on any atom is -0.491 e. The molecule has 1 heterocycles. The van der Waals surface area contributed by atoms with E-state index in [1.807, 2.05) is 37.3 Å². The normalized spacial score (nSPS) is 11.2. The molecular weight excluding hydrogens is 386 g/mol. The van der Waals surface area contributed by atoms with Crippen molar-refractivity contribution in [2.75, 3.05) is 6.61 Å². The van der Waals surface area contributed by atoms with Gasteiger partial charge >= 0.3 is 0 Å². The lowest BCUT2D eigenvalue weighted by Gasteiger charge is -2.07. The molecular formula is C25H22F2OS.